The Bertz CT molecular complexity index is 1280. The summed E-state index contributed by atoms with van der Waals surface area (Å²) in [5.41, 5.74) is 0.495. The zero-order valence-corrected chi connectivity index (χ0v) is 24.7. The maximum atomic E-state index is 15.4. The third-order valence-electron chi connectivity index (χ3n) is 8.49. The molecule has 5 rings (SSSR count). The van der Waals surface area contributed by atoms with Crippen LogP contribution in [0.4, 0.5) is 27.5 Å². The molecule has 2 aliphatic carbocycles. The summed E-state index contributed by atoms with van der Waals surface area (Å²) in [5, 5.41) is 5.66. The van der Waals surface area contributed by atoms with E-state index in [9.17, 15) is 9.59 Å². The molecule has 2 saturated carbocycles. The van der Waals surface area contributed by atoms with Crippen molar-refractivity contribution in [1.29, 1.82) is 0 Å². The quantitative estimate of drug-likeness (QED) is 0.435. The van der Waals surface area contributed by atoms with E-state index in [1.165, 1.54) is 6.07 Å². The Morgan fingerprint density at radius 1 is 1.12 bits per heavy atom. The number of benzene rings is 1. The minimum absolute atomic E-state index is 0.00109. The summed E-state index contributed by atoms with van der Waals surface area (Å²) in [7, 11) is 5.83. The molecule has 40 heavy (non-hydrogen) atoms. The molecule has 0 atom stereocenters. The molecule has 12 heteroatoms. The van der Waals surface area contributed by atoms with E-state index in [4.69, 9.17) is 28.2 Å². The van der Waals surface area contributed by atoms with Gasteiger partial charge >= 0.3 is 0 Å². The van der Waals surface area contributed by atoms with Gasteiger partial charge in [-0.25, -0.2) is 9.37 Å². The van der Waals surface area contributed by atoms with Gasteiger partial charge in [0.05, 0.1) is 22.5 Å². The van der Waals surface area contributed by atoms with Crippen molar-refractivity contribution in [3.05, 3.63) is 33.7 Å². The van der Waals surface area contributed by atoms with E-state index in [1.807, 2.05) is 0 Å². The Kier molecular flexibility index (Phi) is 8.68. The van der Waals surface area contributed by atoms with Gasteiger partial charge in [-0.15, -0.1) is 0 Å². The van der Waals surface area contributed by atoms with E-state index >= 15 is 4.39 Å². The Hall–Kier alpha value is -2.69. The molecular weight excluding hydrogens is 556 g/mol. The van der Waals surface area contributed by atoms with Crippen LogP contribution >= 0.6 is 23.2 Å². The van der Waals surface area contributed by atoms with Crippen LogP contribution in [0.3, 0.4) is 0 Å². The number of carbonyl (C=O) groups excluding carboxylic acids is 2. The van der Waals surface area contributed by atoms with E-state index in [1.54, 1.807) is 18.1 Å². The molecule has 0 spiro atoms. The number of nitrogens with zero attached hydrogens (tertiary/aromatic N) is 5. The monoisotopic (exact) mass is 591 g/mol. The number of nitrogens with one attached hydrogen (secondary N) is 2. The number of anilines is 4. The molecule has 0 saturated heterocycles. The van der Waals surface area contributed by atoms with E-state index in [0.29, 0.717) is 36.6 Å². The summed E-state index contributed by atoms with van der Waals surface area (Å²) in [6.07, 6.45) is 9.90. The largest absolute Gasteiger partial charge is 0.351 e. The Morgan fingerprint density at radius 2 is 1.82 bits per heavy atom. The fourth-order valence-corrected chi connectivity index (χ4v) is 6.61. The van der Waals surface area contributed by atoms with Crippen LogP contribution < -0.4 is 20.4 Å². The first kappa shape index (κ1) is 28.8. The summed E-state index contributed by atoms with van der Waals surface area (Å²) in [6, 6.07) is 2.04. The molecule has 1 aromatic carbocycles. The number of halogens is 3. The normalized spacial score (nSPS) is 21.9. The predicted octanol–water partition coefficient (Wildman–Crippen LogP) is 5.38. The average Bonchev–Trinajstić information content (AvgIpc) is 3.44. The lowest BCUT2D eigenvalue weighted by Crippen LogP contribution is -2.42. The minimum atomic E-state index is -0.860. The van der Waals surface area contributed by atoms with Crippen molar-refractivity contribution in [3.8, 4) is 0 Å². The summed E-state index contributed by atoms with van der Waals surface area (Å²) < 4.78 is 15.4. The highest BCUT2D eigenvalue weighted by atomic mass is 35.5. The first-order valence-corrected chi connectivity index (χ1v) is 14.7. The molecule has 0 unspecified atom stereocenters. The van der Waals surface area contributed by atoms with Gasteiger partial charge in [-0.1, -0.05) is 36.0 Å². The van der Waals surface area contributed by atoms with Crippen LogP contribution in [0.15, 0.2) is 12.3 Å². The molecule has 2 aromatic rings. The smallest absolute Gasteiger partial charge is 0.254 e. The Labute approximate surface area is 244 Å². The molecule has 0 radical (unpaired) electrons. The highest BCUT2D eigenvalue weighted by Crippen LogP contribution is 2.39. The topological polar surface area (TPSA) is 93.7 Å². The number of hydrogen-bond acceptors (Lipinski definition) is 7. The first-order valence-electron chi connectivity index (χ1n) is 14.0. The summed E-state index contributed by atoms with van der Waals surface area (Å²) in [6.45, 7) is 0.564. The highest BCUT2D eigenvalue weighted by Gasteiger charge is 2.32. The molecule has 9 nitrogen and oxygen atoms in total. The third-order valence-corrected chi connectivity index (χ3v) is 9.14. The molecular formula is C28H36Cl2FN7O2. The van der Waals surface area contributed by atoms with Crippen LogP contribution in [0, 0.1) is 5.82 Å². The number of hydrogen-bond donors (Lipinski definition) is 2. The van der Waals surface area contributed by atoms with Gasteiger partial charge in [-0.3, -0.25) is 9.59 Å². The Morgan fingerprint density at radius 3 is 2.50 bits per heavy atom. The van der Waals surface area contributed by atoms with Crippen LogP contribution in [0.5, 0.6) is 0 Å². The van der Waals surface area contributed by atoms with Crippen LogP contribution in [0.2, 0.25) is 10.0 Å². The Balaban J connectivity index is 1.37. The lowest BCUT2D eigenvalue weighted by Gasteiger charge is -2.33. The maximum absolute atomic E-state index is 15.4. The van der Waals surface area contributed by atoms with Crippen molar-refractivity contribution in [1.82, 2.24) is 20.2 Å². The van der Waals surface area contributed by atoms with Crippen molar-refractivity contribution >= 4 is 58.2 Å². The van der Waals surface area contributed by atoms with Crippen LogP contribution in [-0.2, 0) is 4.79 Å². The third kappa shape index (κ3) is 5.85. The lowest BCUT2D eigenvalue weighted by atomic mass is 9.90. The van der Waals surface area contributed by atoms with Crippen molar-refractivity contribution in [2.45, 2.75) is 75.9 Å². The van der Waals surface area contributed by atoms with Crippen LogP contribution in [0.25, 0.3) is 0 Å². The number of aromatic nitrogens is 2. The second-order valence-electron chi connectivity index (χ2n) is 11.2. The maximum Gasteiger partial charge on any atom is 0.254 e. The van der Waals surface area contributed by atoms with Crippen molar-refractivity contribution < 1.29 is 14.0 Å². The molecule has 1 aliphatic heterocycles. The number of fused-ring (bicyclic) bond motifs is 1. The van der Waals surface area contributed by atoms with E-state index < -0.39 is 11.7 Å². The first-order chi connectivity index (χ1) is 19.1. The molecule has 2 amide bonds. The zero-order valence-electron chi connectivity index (χ0n) is 23.1. The van der Waals surface area contributed by atoms with Gasteiger partial charge in [0, 0.05) is 38.1 Å². The van der Waals surface area contributed by atoms with Crippen molar-refractivity contribution in [3.63, 3.8) is 0 Å². The number of carbonyl (C=O) groups is 2. The van der Waals surface area contributed by atoms with Gasteiger partial charge in [0.25, 0.3) is 5.91 Å². The van der Waals surface area contributed by atoms with Gasteiger partial charge in [0.15, 0.2) is 11.6 Å². The molecule has 3 aliphatic rings. The fraction of sp³-hybridized carbons (Fsp3) is 0.571. The minimum Gasteiger partial charge on any atom is -0.351 e. The van der Waals surface area contributed by atoms with Crippen molar-refractivity contribution in [2.75, 3.05) is 42.8 Å². The predicted molar refractivity (Wildman–Crippen MR) is 157 cm³/mol. The van der Waals surface area contributed by atoms with Crippen molar-refractivity contribution in [2.24, 2.45) is 0 Å². The zero-order chi connectivity index (χ0) is 28.6. The molecule has 2 N–H and O–H groups in total. The van der Waals surface area contributed by atoms with Crippen LogP contribution in [0.1, 0.15) is 68.1 Å². The summed E-state index contributed by atoms with van der Waals surface area (Å²) in [5.74, 6) is -0.588. The van der Waals surface area contributed by atoms with Gasteiger partial charge in [-0.2, -0.15) is 4.98 Å². The second-order valence-corrected chi connectivity index (χ2v) is 12.0. The molecule has 2 heterocycles. The van der Waals surface area contributed by atoms with E-state index in [2.05, 4.69) is 39.5 Å². The van der Waals surface area contributed by atoms with Gasteiger partial charge in [0.2, 0.25) is 11.9 Å². The molecule has 2 fully saturated rings. The van der Waals surface area contributed by atoms with Gasteiger partial charge < -0.3 is 25.3 Å². The number of rotatable bonds is 6. The lowest BCUT2D eigenvalue weighted by molar-refractivity contribution is -0.118. The van der Waals surface area contributed by atoms with E-state index in [-0.39, 0.29) is 39.2 Å². The van der Waals surface area contributed by atoms with Gasteiger partial charge in [0.1, 0.15) is 10.7 Å². The van der Waals surface area contributed by atoms with Gasteiger partial charge in [-0.05, 0) is 58.7 Å². The highest BCUT2D eigenvalue weighted by molar-refractivity contribution is 6.40. The summed E-state index contributed by atoms with van der Waals surface area (Å²) >= 11 is 12.9. The molecule has 216 valence electrons. The van der Waals surface area contributed by atoms with Crippen LogP contribution in [-0.4, -0.2) is 72.5 Å². The molecule has 1 aromatic heterocycles. The average molecular weight is 593 g/mol. The standard InChI is InChI=1S/C28H36Cl2FN7O2/c1-36(2)17-10-8-16(9-11-17)33-27(40)19-14-20(29)25(23(30)24(19)31)34-28-32-15-21-26(35-28)38(18-6-4-5-7-18)13-12-22(39)37(21)3/h14-18H,4-13H2,1-3H3,(H,33,40)(H,32,34,35). The fourth-order valence-electron chi connectivity index (χ4n) is 6.06. The SMILES string of the molecule is CN1C(=O)CCN(C2CCCC2)c2nc(Nc3c(Cl)cc(C(=O)NC4CCC(N(C)C)CC4)c(F)c3Cl)ncc21. The summed E-state index contributed by atoms with van der Waals surface area (Å²) in [4.78, 5) is 40.6. The van der Waals surface area contributed by atoms with E-state index in [0.717, 1.165) is 51.4 Å². The second kappa shape index (κ2) is 12.0. The molecule has 0 bridgehead atoms. The number of amides is 2.